The SMILES string of the molecule is CNC(c1ccc(C2CCC2)cc1)c1cnccn1. The third-order valence-electron chi connectivity index (χ3n) is 4.01. The van der Waals surface area contributed by atoms with Gasteiger partial charge in [-0.15, -0.1) is 0 Å². The van der Waals surface area contributed by atoms with Crippen molar-refractivity contribution in [3.63, 3.8) is 0 Å². The third-order valence-corrected chi connectivity index (χ3v) is 4.01. The zero-order valence-electron chi connectivity index (χ0n) is 11.2. The van der Waals surface area contributed by atoms with Gasteiger partial charge in [0.1, 0.15) is 0 Å². The molecule has 1 heterocycles. The van der Waals surface area contributed by atoms with E-state index in [-0.39, 0.29) is 6.04 Å². The number of nitrogens with zero attached hydrogens (tertiary/aromatic N) is 2. The van der Waals surface area contributed by atoms with Gasteiger partial charge in [0.05, 0.1) is 17.9 Å². The third kappa shape index (κ3) is 2.51. The van der Waals surface area contributed by atoms with Crippen LogP contribution in [0.2, 0.25) is 0 Å². The van der Waals surface area contributed by atoms with Gasteiger partial charge < -0.3 is 5.32 Å². The monoisotopic (exact) mass is 253 g/mol. The quantitative estimate of drug-likeness (QED) is 0.910. The number of benzene rings is 1. The molecule has 0 aliphatic heterocycles. The first-order valence-electron chi connectivity index (χ1n) is 6.91. The van der Waals surface area contributed by atoms with Gasteiger partial charge in [0.25, 0.3) is 0 Å². The molecule has 1 aliphatic carbocycles. The molecule has 3 heteroatoms. The Morgan fingerprint density at radius 3 is 2.47 bits per heavy atom. The lowest BCUT2D eigenvalue weighted by molar-refractivity contribution is 0.419. The molecule has 1 saturated carbocycles. The van der Waals surface area contributed by atoms with Crippen molar-refractivity contribution in [1.82, 2.24) is 15.3 Å². The van der Waals surface area contributed by atoms with Gasteiger partial charge in [0.15, 0.2) is 0 Å². The van der Waals surface area contributed by atoms with Crippen molar-refractivity contribution in [2.75, 3.05) is 7.05 Å². The van der Waals surface area contributed by atoms with E-state index in [1.54, 1.807) is 12.4 Å². The summed E-state index contributed by atoms with van der Waals surface area (Å²) in [5, 5.41) is 3.31. The van der Waals surface area contributed by atoms with Crippen molar-refractivity contribution in [2.24, 2.45) is 0 Å². The van der Waals surface area contributed by atoms with Crippen LogP contribution < -0.4 is 5.32 Å². The van der Waals surface area contributed by atoms with Gasteiger partial charge in [-0.25, -0.2) is 0 Å². The second-order valence-electron chi connectivity index (χ2n) is 5.15. The predicted molar refractivity (Wildman–Crippen MR) is 76.0 cm³/mol. The van der Waals surface area contributed by atoms with E-state index in [9.17, 15) is 0 Å². The van der Waals surface area contributed by atoms with E-state index >= 15 is 0 Å². The van der Waals surface area contributed by atoms with E-state index in [0.717, 1.165) is 11.6 Å². The molecule has 1 N–H and O–H groups in total. The first-order valence-corrected chi connectivity index (χ1v) is 6.91. The molecule has 19 heavy (non-hydrogen) atoms. The molecule has 98 valence electrons. The van der Waals surface area contributed by atoms with E-state index in [0.29, 0.717) is 0 Å². The van der Waals surface area contributed by atoms with Gasteiger partial charge in [-0.05, 0) is 36.9 Å². The second-order valence-corrected chi connectivity index (χ2v) is 5.15. The Labute approximate surface area is 114 Å². The molecule has 0 amide bonds. The van der Waals surface area contributed by atoms with Crippen molar-refractivity contribution in [3.8, 4) is 0 Å². The zero-order chi connectivity index (χ0) is 13.1. The van der Waals surface area contributed by atoms with E-state index in [4.69, 9.17) is 0 Å². The van der Waals surface area contributed by atoms with E-state index < -0.39 is 0 Å². The molecule has 0 spiro atoms. The molecule has 3 rings (SSSR count). The fourth-order valence-electron chi connectivity index (χ4n) is 2.65. The number of hydrogen-bond acceptors (Lipinski definition) is 3. The van der Waals surface area contributed by atoms with Crippen LogP contribution >= 0.6 is 0 Å². The van der Waals surface area contributed by atoms with E-state index in [1.807, 2.05) is 13.2 Å². The van der Waals surface area contributed by atoms with Crippen LogP contribution in [0.5, 0.6) is 0 Å². The molecule has 1 unspecified atom stereocenters. The predicted octanol–water partition coefficient (Wildman–Crippen LogP) is 3.05. The summed E-state index contributed by atoms with van der Waals surface area (Å²) < 4.78 is 0. The molecule has 0 saturated heterocycles. The number of aromatic nitrogens is 2. The summed E-state index contributed by atoms with van der Waals surface area (Å²) in [6.07, 6.45) is 9.34. The van der Waals surface area contributed by atoms with Crippen LogP contribution in [0.15, 0.2) is 42.9 Å². The van der Waals surface area contributed by atoms with Gasteiger partial charge >= 0.3 is 0 Å². The summed E-state index contributed by atoms with van der Waals surface area (Å²) in [7, 11) is 1.96. The number of rotatable bonds is 4. The molecule has 2 aromatic rings. The van der Waals surface area contributed by atoms with E-state index in [1.165, 1.54) is 30.4 Å². The fraction of sp³-hybridized carbons (Fsp3) is 0.375. The highest BCUT2D eigenvalue weighted by molar-refractivity contribution is 5.31. The normalized spacial score (nSPS) is 16.9. The van der Waals surface area contributed by atoms with Gasteiger partial charge in [-0.2, -0.15) is 0 Å². The lowest BCUT2D eigenvalue weighted by Crippen LogP contribution is -2.19. The van der Waals surface area contributed by atoms with Crippen LogP contribution in [0.25, 0.3) is 0 Å². The topological polar surface area (TPSA) is 37.8 Å². The minimum absolute atomic E-state index is 0.115. The van der Waals surface area contributed by atoms with Crippen LogP contribution in [-0.4, -0.2) is 17.0 Å². The lowest BCUT2D eigenvalue weighted by Gasteiger charge is -2.26. The maximum absolute atomic E-state index is 4.39. The van der Waals surface area contributed by atoms with Crippen LogP contribution in [-0.2, 0) is 0 Å². The van der Waals surface area contributed by atoms with Gasteiger partial charge in [-0.3, -0.25) is 9.97 Å². The maximum atomic E-state index is 4.39. The largest absolute Gasteiger partial charge is 0.308 e. The summed E-state index contributed by atoms with van der Waals surface area (Å²) in [6.45, 7) is 0. The summed E-state index contributed by atoms with van der Waals surface area (Å²) in [4.78, 5) is 8.53. The summed E-state index contributed by atoms with van der Waals surface area (Å²) in [5.74, 6) is 0.790. The Kier molecular flexibility index (Phi) is 3.56. The lowest BCUT2D eigenvalue weighted by atomic mass is 9.80. The standard InChI is InChI=1S/C16H19N3/c1-17-16(15-11-18-9-10-19-15)14-7-5-13(6-8-14)12-3-2-4-12/h5-12,16-17H,2-4H2,1H3. The molecular formula is C16H19N3. The summed E-state index contributed by atoms with van der Waals surface area (Å²) in [6, 6.07) is 9.07. The summed E-state index contributed by atoms with van der Waals surface area (Å²) in [5.41, 5.74) is 3.68. The Balaban J connectivity index is 1.83. The van der Waals surface area contributed by atoms with Crippen molar-refractivity contribution in [1.29, 1.82) is 0 Å². The molecule has 3 nitrogen and oxygen atoms in total. The van der Waals surface area contributed by atoms with Crippen molar-refractivity contribution >= 4 is 0 Å². The molecule has 0 radical (unpaired) electrons. The minimum atomic E-state index is 0.115. The zero-order valence-corrected chi connectivity index (χ0v) is 11.2. The highest BCUT2D eigenvalue weighted by Crippen LogP contribution is 2.36. The van der Waals surface area contributed by atoms with Gasteiger partial charge in [0.2, 0.25) is 0 Å². The molecule has 1 atom stereocenters. The molecule has 1 aromatic heterocycles. The van der Waals surface area contributed by atoms with Crippen LogP contribution in [0.4, 0.5) is 0 Å². The second kappa shape index (κ2) is 5.49. The van der Waals surface area contributed by atoms with Crippen molar-refractivity contribution in [2.45, 2.75) is 31.2 Å². The van der Waals surface area contributed by atoms with Crippen molar-refractivity contribution in [3.05, 3.63) is 59.7 Å². The smallest absolute Gasteiger partial charge is 0.0801 e. The molecule has 0 bridgehead atoms. The summed E-state index contributed by atoms with van der Waals surface area (Å²) >= 11 is 0. The van der Waals surface area contributed by atoms with Gasteiger partial charge in [-0.1, -0.05) is 30.7 Å². The molecule has 1 fully saturated rings. The highest BCUT2D eigenvalue weighted by Gasteiger charge is 2.20. The van der Waals surface area contributed by atoms with Crippen molar-refractivity contribution < 1.29 is 0 Å². The first kappa shape index (κ1) is 12.3. The molecule has 1 aromatic carbocycles. The number of nitrogens with one attached hydrogen (secondary N) is 1. The molecule has 1 aliphatic rings. The van der Waals surface area contributed by atoms with Crippen LogP contribution in [0, 0.1) is 0 Å². The maximum Gasteiger partial charge on any atom is 0.0801 e. The Morgan fingerprint density at radius 1 is 1.16 bits per heavy atom. The Bertz CT molecular complexity index is 517. The van der Waals surface area contributed by atoms with Crippen LogP contribution in [0.3, 0.4) is 0 Å². The first-order chi connectivity index (χ1) is 9.38. The van der Waals surface area contributed by atoms with Gasteiger partial charge in [0, 0.05) is 12.4 Å². The Morgan fingerprint density at radius 2 is 1.95 bits per heavy atom. The van der Waals surface area contributed by atoms with Crippen LogP contribution in [0.1, 0.15) is 48.0 Å². The molecular weight excluding hydrogens is 234 g/mol. The average molecular weight is 253 g/mol. The average Bonchev–Trinajstić information content (AvgIpc) is 2.41. The Hall–Kier alpha value is -1.74. The number of hydrogen-bond donors (Lipinski definition) is 1. The minimum Gasteiger partial charge on any atom is -0.308 e. The van der Waals surface area contributed by atoms with E-state index in [2.05, 4.69) is 39.6 Å². The highest BCUT2D eigenvalue weighted by atomic mass is 14.9. The fourth-order valence-corrected chi connectivity index (χ4v) is 2.65.